The first-order valence-corrected chi connectivity index (χ1v) is 4.96. The molecule has 1 heterocycles. The molecule has 6 nitrogen and oxygen atoms in total. The van der Waals surface area contributed by atoms with Crippen molar-refractivity contribution in [1.82, 2.24) is 20.2 Å². The van der Waals surface area contributed by atoms with Gasteiger partial charge in [-0.15, -0.1) is 5.10 Å². The largest absolute Gasteiger partial charge is 0.494 e. The number of carbonyl (C=O) groups excluding carboxylic acids is 1. The lowest BCUT2D eigenvalue weighted by Crippen LogP contribution is -2.15. The summed E-state index contributed by atoms with van der Waals surface area (Å²) in [6, 6.07) is 3.98. The number of halogens is 3. The topological polar surface area (TPSA) is 69.9 Å². The molecule has 0 N–H and O–H groups in total. The first-order valence-electron chi connectivity index (χ1n) is 4.96. The molecule has 100 valence electrons. The van der Waals surface area contributed by atoms with Crippen molar-refractivity contribution in [3.05, 3.63) is 29.6 Å². The van der Waals surface area contributed by atoms with Crippen LogP contribution in [0, 0.1) is 0 Å². The van der Waals surface area contributed by atoms with Crippen LogP contribution < -0.4 is 4.74 Å². The highest BCUT2D eigenvalue weighted by atomic mass is 19.4. The van der Waals surface area contributed by atoms with Gasteiger partial charge >= 0.3 is 6.18 Å². The number of hydrogen-bond donors (Lipinski definition) is 0. The zero-order valence-corrected chi connectivity index (χ0v) is 9.55. The second kappa shape index (κ2) is 4.67. The molecule has 0 atom stereocenters. The summed E-state index contributed by atoms with van der Waals surface area (Å²) >= 11 is 0. The van der Waals surface area contributed by atoms with Crippen LogP contribution in [0.15, 0.2) is 18.2 Å². The maximum Gasteiger partial charge on any atom is 0.453 e. The van der Waals surface area contributed by atoms with Crippen LogP contribution in [0.3, 0.4) is 0 Å². The fourth-order valence-electron chi connectivity index (χ4n) is 1.47. The van der Waals surface area contributed by atoms with Crippen LogP contribution in [-0.4, -0.2) is 33.6 Å². The van der Waals surface area contributed by atoms with Gasteiger partial charge in [-0.2, -0.15) is 17.9 Å². The average Bonchev–Trinajstić information content (AvgIpc) is 2.87. The molecule has 0 saturated heterocycles. The number of aromatic nitrogens is 4. The van der Waals surface area contributed by atoms with Gasteiger partial charge in [-0.3, -0.25) is 4.79 Å². The Labute approximate surface area is 104 Å². The van der Waals surface area contributed by atoms with E-state index in [9.17, 15) is 18.0 Å². The van der Waals surface area contributed by atoms with Crippen LogP contribution in [0.2, 0.25) is 0 Å². The SMILES string of the molecule is COc1ccc(C=O)cc1-n1nnnc1C(F)(F)F. The van der Waals surface area contributed by atoms with Gasteiger partial charge in [0.15, 0.2) is 0 Å². The van der Waals surface area contributed by atoms with Crippen molar-refractivity contribution < 1.29 is 22.7 Å². The molecule has 0 unspecified atom stereocenters. The van der Waals surface area contributed by atoms with E-state index in [0.29, 0.717) is 11.0 Å². The van der Waals surface area contributed by atoms with E-state index in [1.807, 2.05) is 0 Å². The van der Waals surface area contributed by atoms with E-state index in [1.165, 1.54) is 25.3 Å². The van der Waals surface area contributed by atoms with Gasteiger partial charge in [0.1, 0.15) is 17.7 Å². The van der Waals surface area contributed by atoms with Crippen LogP contribution in [0.1, 0.15) is 16.2 Å². The van der Waals surface area contributed by atoms with Crippen LogP contribution in [0.4, 0.5) is 13.2 Å². The fourth-order valence-corrected chi connectivity index (χ4v) is 1.47. The molecule has 1 aromatic carbocycles. The summed E-state index contributed by atoms with van der Waals surface area (Å²) < 4.78 is 43.5. The molecule has 0 fully saturated rings. The zero-order valence-electron chi connectivity index (χ0n) is 9.55. The number of carbonyl (C=O) groups is 1. The Morgan fingerprint density at radius 2 is 2.11 bits per heavy atom. The van der Waals surface area contributed by atoms with E-state index in [4.69, 9.17) is 4.74 Å². The smallest absolute Gasteiger partial charge is 0.453 e. The van der Waals surface area contributed by atoms with E-state index in [-0.39, 0.29) is 17.0 Å². The van der Waals surface area contributed by atoms with E-state index in [0.717, 1.165) is 0 Å². The van der Waals surface area contributed by atoms with Crippen molar-refractivity contribution in [2.75, 3.05) is 7.11 Å². The van der Waals surface area contributed by atoms with Gasteiger partial charge in [0.25, 0.3) is 5.82 Å². The predicted octanol–water partition coefficient (Wildman–Crippen LogP) is 1.50. The molecule has 0 aliphatic rings. The summed E-state index contributed by atoms with van der Waals surface area (Å²) in [5.74, 6) is -1.18. The fraction of sp³-hybridized carbons (Fsp3) is 0.200. The van der Waals surface area contributed by atoms with Gasteiger partial charge in [0.05, 0.1) is 7.11 Å². The molecule has 0 spiro atoms. The summed E-state index contributed by atoms with van der Waals surface area (Å²) in [5, 5.41) is 9.20. The van der Waals surface area contributed by atoms with Gasteiger partial charge in [0, 0.05) is 5.56 Å². The lowest BCUT2D eigenvalue weighted by molar-refractivity contribution is -0.146. The number of rotatable bonds is 3. The van der Waals surface area contributed by atoms with Crippen LogP contribution in [0.5, 0.6) is 5.75 Å². The van der Waals surface area contributed by atoms with E-state index >= 15 is 0 Å². The molecule has 0 aliphatic carbocycles. The second-order valence-corrected chi connectivity index (χ2v) is 3.46. The summed E-state index contributed by atoms with van der Waals surface area (Å²) in [4.78, 5) is 10.7. The van der Waals surface area contributed by atoms with Crippen LogP contribution in [-0.2, 0) is 6.18 Å². The Morgan fingerprint density at radius 1 is 1.37 bits per heavy atom. The van der Waals surface area contributed by atoms with Gasteiger partial charge < -0.3 is 4.74 Å². The molecule has 0 saturated carbocycles. The molecule has 0 bridgehead atoms. The second-order valence-electron chi connectivity index (χ2n) is 3.46. The molecule has 0 amide bonds. The quantitative estimate of drug-likeness (QED) is 0.792. The first-order chi connectivity index (χ1) is 8.97. The molecule has 2 aromatic rings. The lowest BCUT2D eigenvalue weighted by atomic mass is 10.2. The highest BCUT2D eigenvalue weighted by molar-refractivity contribution is 5.77. The van der Waals surface area contributed by atoms with Crippen LogP contribution in [0.25, 0.3) is 5.69 Å². The van der Waals surface area contributed by atoms with Gasteiger partial charge in [-0.05, 0) is 28.6 Å². The van der Waals surface area contributed by atoms with Gasteiger partial charge in [-0.1, -0.05) is 0 Å². The molecule has 1 aromatic heterocycles. The number of benzene rings is 1. The maximum absolute atomic E-state index is 12.7. The minimum absolute atomic E-state index is 0.0653. The van der Waals surface area contributed by atoms with Crippen molar-refractivity contribution in [2.45, 2.75) is 6.18 Å². The monoisotopic (exact) mass is 272 g/mol. The van der Waals surface area contributed by atoms with Crippen molar-refractivity contribution >= 4 is 6.29 Å². The minimum atomic E-state index is -4.72. The Bertz CT molecular complexity index is 609. The number of methoxy groups -OCH3 is 1. The molecular formula is C10H7F3N4O2. The third-order valence-electron chi connectivity index (χ3n) is 2.29. The zero-order chi connectivity index (χ0) is 14.0. The molecule has 2 rings (SSSR count). The number of hydrogen-bond acceptors (Lipinski definition) is 5. The van der Waals surface area contributed by atoms with E-state index < -0.39 is 12.0 Å². The molecule has 19 heavy (non-hydrogen) atoms. The summed E-state index contributed by atoms with van der Waals surface area (Å²) in [5.41, 5.74) is 0.115. The summed E-state index contributed by atoms with van der Waals surface area (Å²) in [7, 11) is 1.29. The van der Waals surface area contributed by atoms with Crippen molar-refractivity contribution in [3.63, 3.8) is 0 Å². The Morgan fingerprint density at radius 3 is 2.68 bits per heavy atom. The Balaban J connectivity index is 2.64. The van der Waals surface area contributed by atoms with E-state index in [2.05, 4.69) is 15.5 Å². The molecule has 0 aliphatic heterocycles. The van der Waals surface area contributed by atoms with Crippen molar-refractivity contribution in [1.29, 1.82) is 0 Å². The van der Waals surface area contributed by atoms with Gasteiger partial charge in [-0.25, -0.2) is 0 Å². The third kappa shape index (κ3) is 2.39. The predicted molar refractivity (Wildman–Crippen MR) is 56.1 cm³/mol. The maximum atomic E-state index is 12.7. The number of nitrogens with zero attached hydrogens (tertiary/aromatic N) is 4. The van der Waals surface area contributed by atoms with Gasteiger partial charge in [0.2, 0.25) is 0 Å². The standard InChI is InChI=1S/C10H7F3N4O2/c1-19-8-3-2-6(5-18)4-7(8)17-9(10(11,12)13)14-15-16-17/h2-5H,1H3. The molecular weight excluding hydrogens is 265 g/mol. The Kier molecular flexibility index (Phi) is 3.19. The highest BCUT2D eigenvalue weighted by Crippen LogP contribution is 2.31. The van der Waals surface area contributed by atoms with E-state index in [1.54, 1.807) is 0 Å². The highest BCUT2D eigenvalue weighted by Gasteiger charge is 2.39. The Hall–Kier alpha value is -2.45. The normalized spacial score (nSPS) is 11.4. The lowest BCUT2D eigenvalue weighted by Gasteiger charge is -2.11. The van der Waals surface area contributed by atoms with Crippen LogP contribution >= 0.6 is 0 Å². The van der Waals surface area contributed by atoms with Crippen molar-refractivity contribution in [3.8, 4) is 11.4 Å². The number of alkyl halides is 3. The van der Waals surface area contributed by atoms with Crippen molar-refractivity contribution in [2.24, 2.45) is 0 Å². The summed E-state index contributed by atoms with van der Waals surface area (Å²) in [6.45, 7) is 0. The number of aldehydes is 1. The number of tetrazole rings is 1. The molecule has 9 heteroatoms. The third-order valence-corrected chi connectivity index (χ3v) is 2.29. The summed E-state index contributed by atoms with van der Waals surface area (Å²) in [6.07, 6.45) is -4.22. The minimum Gasteiger partial charge on any atom is -0.494 e. The first kappa shape index (κ1) is 13.0. The average molecular weight is 272 g/mol. The number of ether oxygens (including phenoxy) is 1. The molecule has 0 radical (unpaired) electrons.